The molecule has 1 aliphatic rings. The van der Waals surface area contributed by atoms with Crippen LogP contribution in [0.5, 0.6) is 5.75 Å². The quantitative estimate of drug-likeness (QED) is 0.796. The van der Waals surface area contributed by atoms with Crippen LogP contribution in [0.3, 0.4) is 0 Å². The molecule has 0 radical (unpaired) electrons. The Bertz CT molecular complexity index is 818. The van der Waals surface area contributed by atoms with E-state index >= 15 is 0 Å². The number of hydrogen-bond donors (Lipinski definition) is 1. The zero-order valence-electron chi connectivity index (χ0n) is 11.9. The van der Waals surface area contributed by atoms with Crippen molar-refractivity contribution in [2.75, 3.05) is 12.8 Å². The molecule has 3 aromatic rings. The van der Waals surface area contributed by atoms with Gasteiger partial charge in [0.1, 0.15) is 17.3 Å². The Morgan fingerprint density at radius 2 is 1.90 bits per heavy atom. The van der Waals surface area contributed by atoms with Gasteiger partial charge in [-0.1, -0.05) is 24.3 Å². The Hall–Kier alpha value is -2.49. The van der Waals surface area contributed by atoms with E-state index in [0.717, 1.165) is 33.6 Å². The average molecular weight is 279 g/mol. The summed E-state index contributed by atoms with van der Waals surface area (Å²) in [5, 5.41) is 2.20. The van der Waals surface area contributed by atoms with Gasteiger partial charge in [-0.3, -0.25) is 0 Å². The highest BCUT2D eigenvalue weighted by Gasteiger charge is 2.27. The van der Waals surface area contributed by atoms with Gasteiger partial charge in [-0.25, -0.2) is 4.98 Å². The van der Waals surface area contributed by atoms with Gasteiger partial charge in [0, 0.05) is 17.0 Å². The van der Waals surface area contributed by atoms with Crippen molar-refractivity contribution in [3.05, 3.63) is 42.7 Å². The molecule has 1 heterocycles. The summed E-state index contributed by atoms with van der Waals surface area (Å²) >= 11 is 0. The zero-order chi connectivity index (χ0) is 14.4. The summed E-state index contributed by atoms with van der Waals surface area (Å²) in [6.45, 7) is 0. The molecule has 1 aliphatic carbocycles. The lowest BCUT2D eigenvalue weighted by Gasteiger charge is -2.10. The molecule has 4 nitrogen and oxygen atoms in total. The molecule has 4 rings (SSSR count). The zero-order valence-corrected chi connectivity index (χ0v) is 11.9. The lowest BCUT2D eigenvalue weighted by atomic mass is 10.0. The number of imidazole rings is 1. The smallest absolute Gasteiger partial charge is 0.131 e. The van der Waals surface area contributed by atoms with E-state index in [9.17, 15) is 0 Å². The normalized spacial score (nSPS) is 14.5. The van der Waals surface area contributed by atoms with Crippen molar-refractivity contribution in [1.82, 2.24) is 9.55 Å². The predicted octanol–water partition coefficient (Wildman–Crippen LogP) is 3.63. The number of fused-ring (bicyclic) bond motifs is 1. The van der Waals surface area contributed by atoms with Crippen molar-refractivity contribution in [3.8, 4) is 17.0 Å². The summed E-state index contributed by atoms with van der Waals surface area (Å²) in [7, 11) is 1.69. The van der Waals surface area contributed by atoms with Gasteiger partial charge in [-0.2, -0.15) is 0 Å². The minimum atomic E-state index is 0.538. The van der Waals surface area contributed by atoms with E-state index in [0.29, 0.717) is 6.04 Å². The van der Waals surface area contributed by atoms with Crippen LogP contribution in [0.4, 0.5) is 5.82 Å². The molecule has 1 saturated carbocycles. The van der Waals surface area contributed by atoms with Crippen molar-refractivity contribution in [2.45, 2.75) is 18.9 Å². The number of nitrogens with zero attached hydrogens (tertiary/aromatic N) is 2. The molecular weight excluding hydrogens is 262 g/mol. The Balaban J connectivity index is 1.94. The Labute approximate surface area is 123 Å². The van der Waals surface area contributed by atoms with Crippen LogP contribution in [0.1, 0.15) is 18.9 Å². The van der Waals surface area contributed by atoms with Gasteiger partial charge < -0.3 is 15.0 Å². The fraction of sp³-hybridized carbons (Fsp3) is 0.235. The molecule has 106 valence electrons. The Morgan fingerprint density at radius 3 is 2.62 bits per heavy atom. The number of ether oxygens (including phenoxy) is 1. The number of hydrogen-bond acceptors (Lipinski definition) is 3. The summed E-state index contributed by atoms with van der Waals surface area (Å²) in [6.07, 6.45) is 4.26. The summed E-state index contributed by atoms with van der Waals surface area (Å²) in [5.74, 6) is 1.63. The number of nitrogen functional groups attached to an aromatic ring is 1. The first-order chi connectivity index (χ1) is 10.3. The highest BCUT2D eigenvalue weighted by Crippen LogP contribution is 2.41. The first-order valence-corrected chi connectivity index (χ1v) is 7.18. The third-order valence-corrected chi connectivity index (χ3v) is 4.13. The van der Waals surface area contributed by atoms with Crippen LogP contribution in [0.25, 0.3) is 22.0 Å². The van der Waals surface area contributed by atoms with E-state index in [4.69, 9.17) is 10.5 Å². The minimum Gasteiger partial charge on any atom is -0.496 e. The molecule has 21 heavy (non-hydrogen) atoms. The highest BCUT2D eigenvalue weighted by atomic mass is 16.5. The summed E-state index contributed by atoms with van der Waals surface area (Å²) in [4.78, 5) is 4.55. The Morgan fingerprint density at radius 1 is 1.14 bits per heavy atom. The van der Waals surface area contributed by atoms with Gasteiger partial charge in [0.15, 0.2) is 0 Å². The van der Waals surface area contributed by atoms with Crippen LogP contribution >= 0.6 is 0 Å². The maximum atomic E-state index is 6.31. The lowest BCUT2D eigenvalue weighted by molar-refractivity contribution is 0.420. The van der Waals surface area contributed by atoms with Gasteiger partial charge >= 0.3 is 0 Å². The average Bonchev–Trinajstić information content (AvgIpc) is 3.29. The van der Waals surface area contributed by atoms with Crippen molar-refractivity contribution in [2.24, 2.45) is 0 Å². The van der Waals surface area contributed by atoms with Crippen molar-refractivity contribution in [3.63, 3.8) is 0 Å². The third-order valence-electron chi connectivity index (χ3n) is 4.13. The second-order valence-corrected chi connectivity index (χ2v) is 5.48. The SMILES string of the molecule is COc1ccc(-c2ncn(C3CC3)c2N)c2ccccc12. The number of methoxy groups -OCH3 is 1. The number of nitrogens with two attached hydrogens (primary N) is 1. The first-order valence-electron chi connectivity index (χ1n) is 7.18. The van der Waals surface area contributed by atoms with Gasteiger partial charge in [0.05, 0.1) is 13.4 Å². The molecule has 4 heteroatoms. The van der Waals surface area contributed by atoms with E-state index < -0.39 is 0 Å². The minimum absolute atomic E-state index is 0.538. The molecule has 0 bridgehead atoms. The standard InChI is InChI=1S/C17H17N3O/c1-21-15-9-8-14(12-4-2-3-5-13(12)15)16-17(18)20(10-19-16)11-6-7-11/h2-5,8-11H,6-7,18H2,1H3. The predicted molar refractivity (Wildman–Crippen MR) is 84.4 cm³/mol. The Kier molecular flexibility index (Phi) is 2.64. The second kappa shape index (κ2) is 4.52. The third kappa shape index (κ3) is 1.87. The van der Waals surface area contributed by atoms with Crippen LogP contribution in [0.15, 0.2) is 42.7 Å². The lowest BCUT2D eigenvalue weighted by Crippen LogP contribution is -1.99. The van der Waals surface area contributed by atoms with E-state index in [1.807, 2.05) is 30.6 Å². The summed E-state index contributed by atoms with van der Waals surface area (Å²) in [5.41, 5.74) is 8.23. The molecule has 2 aromatic carbocycles. The van der Waals surface area contributed by atoms with Crippen LogP contribution in [0.2, 0.25) is 0 Å². The molecule has 0 saturated heterocycles. The number of anilines is 1. The van der Waals surface area contributed by atoms with Gasteiger partial charge in [0.25, 0.3) is 0 Å². The molecule has 1 aromatic heterocycles. The van der Waals surface area contributed by atoms with Crippen LogP contribution in [-0.4, -0.2) is 16.7 Å². The van der Waals surface area contributed by atoms with Crippen molar-refractivity contribution >= 4 is 16.6 Å². The van der Waals surface area contributed by atoms with Crippen molar-refractivity contribution in [1.29, 1.82) is 0 Å². The maximum Gasteiger partial charge on any atom is 0.131 e. The summed E-state index contributed by atoms with van der Waals surface area (Å²) < 4.78 is 7.54. The monoisotopic (exact) mass is 279 g/mol. The fourth-order valence-corrected chi connectivity index (χ4v) is 2.88. The summed E-state index contributed by atoms with van der Waals surface area (Å²) in [6, 6.07) is 12.7. The van der Waals surface area contributed by atoms with Gasteiger partial charge in [-0.15, -0.1) is 0 Å². The van der Waals surface area contributed by atoms with E-state index in [-0.39, 0.29) is 0 Å². The molecule has 2 N–H and O–H groups in total. The maximum absolute atomic E-state index is 6.31. The van der Waals surface area contributed by atoms with Gasteiger partial charge in [0.2, 0.25) is 0 Å². The number of benzene rings is 2. The van der Waals surface area contributed by atoms with E-state index in [2.05, 4.69) is 21.7 Å². The molecule has 0 aliphatic heterocycles. The molecule has 0 spiro atoms. The molecular formula is C17H17N3O. The van der Waals surface area contributed by atoms with E-state index in [1.165, 1.54) is 12.8 Å². The molecule has 0 atom stereocenters. The molecule has 0 unspecified atom stereocenters. The molecule has 1 fully saturated rings. The number of aromatic nitrogens is 2. The molecule has 0 amide bonds. The topological polar surface area (TPSA) is 53.1 Å². The second-order valence-electron chi connectivity index (χ2n) is 5.48. The largest absolute Gasteiger partial charge is 0.496 e. The fourth-order valence-electron chi connectivity index (χ4n) is 2.88. The van der Waals surface area contributed by atoms with Crippen molar-refractivity contribution < 1.29 is 4.74 Å². The number of rotatable bonds is 3. The van der Waals surface area contributed by atoms with Crippen LogP contribution in [0, 0.1) is 0 Å². The van der Waals surface area contributed by atoms with Crippen LogP contribution < -0.4 is 10.5 Å². The highest BCUT2D eigenvalue weighted by molar-refractivity contribution is 6.01. The van der Waals surface area contributed by atoms with Crippen LogP contribution in [-0.2, 0) is 0 Å². The van der Waals surface area contributed by atoms with Gasteiger partial charge in [-0.05, 0) is 30.4 Å². The van der Waals surface area contributed by atoms with E-state index in [1.54, 1.807) is 7.11 Å². The first kappa shape index (κ1) is 12.3.